The summed E-state index contributed by atoms with van der Waals surface area (Å²) < 4.78 is 0. The third kappa shape index (κ3) is 4.30. The molecule has 0 aromatic heterocycles. The summed E-state index contributed by atoms with van der Waals surface area (Å²) in [5.74, 6) is 0.531. The minimum absolute atomic E-state index is 0.0592. The lowest BCUT2D eigenvalue weighted by molar-refractivity contribution is -0.122. The highest BCUT2D eigenvalue weighted by molar-refractivity contribution is 5.85. The quantitative estimate of drug-likeness (QED) is 0.856. The molecule has 0 radical (unpaired) electrons. The fourth-order valence-corrected chi connectivity index (χ4v) is 2.26. The summed E-state index contributed by atoms with van der Waals surface area (Å²) >= 11 is 0. The van der Waals surface area contributed by atoms with Crippen LogP contribution in [0.4, 0.5) is 0 Å². The third-order valence-electron chi connectivity index (χ3n) is 3.56. The zero-order valence-corrected chi connectivity index (χ0v) is 13.0. The van der Waals surface area contributed by atoms with Crippen LogP contribution in [0.1, 0.15) is 26.3 Å². The van der Waals surface area contributed by atoms with E-state index in [1.54, 1.807) is 0 Å². The van der Waals surface area contributed by atoms with Crippen LogP contribution in [0.3, 0.4) is 0 Å². The van der Waals surface area contributed by atoms with E-state index in [0.29, 0.717) is 12.5 Å². The molecule has 3 nitrogen and oxygen atoms in total. The topological polar surface area (TPSA) is 41.1 Å². The molecule has 0 saturated heterocycles. The van der Waals surface area contributed by atoms with Gasteiger partial charge in [0.1, 0.15) is 0 Å². The average molecular weight is 284 g/mol. The molecule has 0 heterocycles. The summed E-state index contributed by atoms with van der Waals surface area (Å²) in [4.78, 5) is 12.0. The summed E-state index contributed by atoms with van der Waals surface area (Å²) in [7, 11) is 0. The van der Waals surface area contributed by atoms with E-state index >= 15 is 0 Å². The summed E-state index contributed by atoms with van der Waals surface area (Å²) in [5.41, 5.74) is 1.22. The summed E-state index contributed by atoms with van der Waals surface area (Å²) in [6.45, 7) is 7.50. The van der Waals surface area contributed by atoms with E-state index in [-0.39, 0.29) is 11.9 Å². The molecular formula is C18H24N2O. The van der Waals surface area contributed by atoms with Gasteiger partial charge in [-0.25, -0.2) is 0 Å². The van der Waals surface area contributed by atoms with E-state index in [4.69, 9.17) is 0 Å². The first kappa shape index (κ1) is 15.5. The number of hydrogen-bond acceptors (Lipinski definition) is 2. The van der Waals surface area contributed by atoms with E-state index in [1.165, 1.54) is 16.3 Å². The monoisotopic (exact) mass is 284 g/mol. The van der Waals surface area contributed by atoms with Crippen molar-refractivity contribution in [2.45, 2.75) is 33.4 Å². The molecule has 2 aromatic rings. The van der Waals surface area contributed by atoms with Crippen molar-refractivity contribution in [3.05, 3.63) is 48.0 Å². The van der Waals surface area contributed by atoms with Gasteiger partial charge < -0.3 is 10.6 Å². The highest BCUT2D eigenvalue weighted by atomic mass is 16.2. The number of hydrogen-bond donors (Lipinski definition) is 2. The van der Waals surface area contributed by atoms with Gasteiger partial charge >= 0.3 is 0 Å². The van der Waals surface area contributed by atoms with Gasteiger partial charge in [-0.1, -0.05) is 56.3 Å². The van der Waals surface area contributed by atoms with Crippen LogP contribution in [0.15, 0.2) is 42.5 Å². The molecule has 0 aliphatic carbocycles. The van der Waals surface area contributed by atoms with Crippen molar-refractivity contribution in [3.8, 4) is 0 Å². The Hall–Kier alpha value is -1.87. The lowest BCUT2D eigenvalue weighted by Gasteiger charge is -2.16. The van der Waals surface area contributed by atoms with Crippen LogP contribution in [0.25, 0.3) is 10.8 Å². The van der Waals surface area contributed by atoms with Crippen LogP contribution >= 0.6 is 0 Å². The molecule has 2 N–H and O–H groups in total. The van der Waals surface area contributed by atoms with E-state index in [0.717, 1.165) is 6.54 Å². The Morgan fingerprint density at radius 2 is 1.76 bits per heavy atom. The van der Waals surface area contributed by atoms with E-state index < -0.39 is 0 Å². The predicted octanol–water partition coefficient (Wildman–Crippen LogP) is 3.09. The van der Waals surface area contributed by atoms with Gasteiger partial charge in [-0.2, -0.15) is 0 Å². The van der Waals surface area contributed by atoms with Gasteiger partial charge in [0.05, 0.1) is 6.04 Å². The van der Waals surface area contributed by atoms with Crippen molar-refractivity contribution in [3.63, 3.8) is 0 Å². The number of amides is 1. The number of benzene rings is 2. The standard InChI is InChI=1S/C18H24N2O/c1-13(2)11-20-18(21)14(3)19-12-16-9-6-8-15-7-4-5-10-17(15)16/h4-10,13-14,19H,11-12H2,1-3H3,(H,20,21). The Balaban J connectivity index is 1.97. The van der Waals surface area contributed by atoms with Crippen molar-refractivity contribution in [1.29, 1.82) is 0 Å². The van der Waals surface area contributed by atoms with E-state index in [2.05, 4.69) is 54.8 Å². The zero-order chi connectivity index (χ0) is 15.2. The molecule has 112 valence electrons. The maximum atomic E-state index is 12.0. The van der Waals surface area contributed by atoms with Crippen molar-refractivity contribution < 1.29 is 4.79 Å². The van der Waals surface area contributed by atoms with Gasteiger partial charge in [0.15, 0.2) is 0 Å². The first-order valence-corrected chi connectivity index (χ1v) is 7.55. The van der Waals surface area contributed by atoms with Crippen molar-refractivity contribution >= 4 is 16.7 Å². The van der Waals surface area contributed by atoms with Crippen LogP contribution in [0, 0.1) is 5.92 Å². The molecule has 3 heteroatoms. The van der Waals surface area contributed by atoms with Crippen molar-refractivity contribution in [2.75, 3.05) is 6.54 Å². The summed E-state index contributed by atoms with van der Waals surface area (Å²) in [6.07, 6.45) is 0. The number of fused-ring (bicyclic) bond motifs is 1. The second kappa shape index (κ2) is 7.23. The van der Waals surface area contributed by atoms with Gasteiger partial charge in [0, 0.05) is 13.1 Å². The number of rotatable bonds is 6. The smallest absolute Gasteiger partial charge is 0.236 e. The summed E-state index contributed by atoms with van der Waals surface area (Å²) in [6, 6.07) is 14.4. The molecule has 2 aromatic carbocycles. The minimum atomic E-state index is -0.192. The fraction of sp³-hybridized carbons (Fsp3) is 0.389. The second-order valence-corrected chi connectivity index (χ2v) is 5.88. The molecule has 0 fully saturated rings. The van der Waals surface area contributed by atoms with Crippen LogP contribution in [0.2, 0.25) is 0 Å². The van der Waals surface area contributed by atoms with E-state index in [9.17, 15) is 4.79 Å². The van der Waals surface area contributed by atoms with Crippen molar-refractivity contribution in [1.82, 2.24) is 10.6 Å². The Kier molecular flexibility index (Phi) is 5.34. The lowest BCUT2D eigenvalue weighted by atomic mass is 10.0. The molecular weight excluding hydrogens is 260 g/mol. The largest absolute Gasteiger partial charge is 0.354 e. The maximum Gasteiger partial charge on any atom is 0.236 e. The van der Waals surface area contributed by atoms with Gasteiger partial charge in [0.25, 0.3) is 0 Å². The highest BCUT2D eigenvalue weighted by Crippen LogP contribution is 2.18. The predicted molar refractivity (Wildman–Crippen MR) is 88.1 cm³/mol. The Morgan fingerprint density at radius 3 is 2.52 bits per heavy atom. The van der Waals surface area contributed by atoms with Crippen LogP contribution in [-0.2, 0) is 11.3 Å². The van der Waals surface area contributed by atoms with Gasteiger partial charge in [-0.3, -0.25) is 4.79 Å². The molecule has 0 aliphatic heterocycles. The van der Waals surface area contributed by atoms with Gasteiger partial charge in [0.2, 0.25) is 5.91 Å². The fourth-order valence-electron chi connectivity index (χ4n) is 2.26. The van der Waals surface area contributed by atoms with Gasteiger partial charge in [-0.15, -0.1) is 0 Å². The Labute approximate surface area is 126 Å². The second-order valence-electron chi connectivity index (χ2n) is 5.88. The Morgan fingerprint density at radius 1 is 1.05 bits per heavy atom. The molecule has 1 atom stereocenters. The van der Waals surface area contributed by atoms with Crippen LogP contribution in [-0.4, -0.2) is 18.5 Å². The normalized spacial score (nSPS) is 12.6. The minimum Gasteiger partial charge on any atom is -0.354 e. The SMILES string of the molecule is CC(C)CNC(=O)C(C)NCc1cccc2ccccc12. The number of nitrogens with one attached hydrogen (secondary N) is 2. The molecule has 0 aliphatic rings. The van der Waals surface area contributed by atoms with Crippen LogP contribution < -0.4 is 10.6 Å². The number of carbonyl (C=O) groups is 1. The maximum absolute atomic E-state index is 12.0. The zero-order valence-electron chi connectivity index (χ0n) is 13.0. The van der Waals surface area contributed by atoms with Gasteiger partial charge in [-0.05, 0) is 29.2 Å². The Bertz CT molecular complexity index is 602. The average Bonchev–Trinajstić information content (AvgIpc) is 2.50. The molecule has 0 bridgehead atoms. The number of carbonyl (C=O) groups excluding carboxylic acids is 1. The molecule has 0 spiro atoms. The van der Waals surface area contributed by atoms with Crippen LogP contribution in [0.5, 0.6) is 0 Å². The molecule has 2 rings (SSSR count). The highest BCUT2D eigenvalue weighted by Gasteiger charge is 2.12. The first-order chi connectivity index (χ1) is 10.1. The molecule has 21 heavy (non-hydrogen) atoms. The third-order valence-corrected chi connectivity index (χ3v) is 3.56. The molecule has 1 unspecified atom stereocenters. The van der Waals surface area contributed by atoms with Crippen molar-refractivity contribution in [2.24, 2.45) is 5.92 Å². The van der Waals surface area contributed by atoms with E-state index in [1.807, 2.05) is 19.1 Å². The molecule has 1 amide bonds. The first-order valence-electron chi connectivity index (χ1n) is 7.55. The molecule has 0 saturated carbocycles. The lowest BCUT2D eigenvalue weighted by Crippen LogP contribution is -2.42. The summed E-state index contributed by atoms with van der Waals surface area (Å²) in [5, 5.41) is 8.72.